The number of hydrogen-bond acceptors (Lipinski definition) is 3. The summed E-state index contributed by atoms with van der Waals surface area (Å²) in [6.07, 6.45) is 3.16. The number of nitrogens with zero attached hydrogens (tertiary/aromatic N) is 2. The summed E-state index contributed by atoms with van der Waals surface area (Å²) in [6.45, 7) is 0. The van der Waals surface area contributed by atoms with E-state index in [9.17, 15) is 8.78 Å². The van der Waals surface area contributed by atoms with Crippen molar-refractivity contribution in [1.29, 1.82) is 0 Å². The number of benzene rings is 1. The second-order valence-corrected chi connectivity index (χ2v) is 6.48. The van der Waals surface area contributed by atoms with Crippen molar-refractivity contribution < 1.29 is 8.78 Å². The van der Waals surface area contributed by atoms with Crippen molar-refractivity contribution in [3.05, 3.63) is 45.4 Å². The first-order valence-electron chi connectivity index (χ1n) is 6.56. The van der Waals surface area contributed by atoms with Crippen LogP contribution in [0.2, 0.25) is 5.15 Å². The van der Waals surface area contributed by atoms with Gasteiger partial charge in [-0.15, -0.1) is 11.3 Å². The summed E-state index contributed by atoms with van der Waals surface area (Å²) in [4.78, 5) is 10.8. The van der Waals surface area contributed by atoms with Crippen LogP contribution in [0.5, 0.6) is 0 Å². The maximum atomic E-state index is 13.3. The Kier molecular flexibility index (Phi) is 2.94. The van der Waals surface area contributed by atoms with Crippen molar-refractivity contribution in [3.63, 3.8) is 0 Å². The van der Waals surface area contributed by atoms with Gasteiger partial charge in [-0.25, -0.2) is 18.7 Å². The zero-order valence-electron chi connectivity index (χ0n) is 10.8. The van der Waals surface area contributed by atoms with Crippen molar-refractivity contribution in [1.82, 2.24) is 9.97 Å². The molecule has 0 unspecified atom stereocenters. The SMILES string of the molecule is Fc1cc(F)cc(-c2nc(Cl)c3c4c(sc3n2)CCC4)c1. The zero-order chi connectivity index (χ0) is 14.6. The van der Waals surface area contributed by atoms with E-state index in [1.165, 1.54) is 22.6 Å². The molecule has 1 aliphatic rings. The van der Waals surface area contributed by atoms with Gasteiger partial charge in [0, 0.05) is 16.5 Å². The molecule has 2 aromatic heterocycles. The Morgan fingerprint density at radius 3 is 2.57 bits per heavy atom. The number of thiophene rings is 1. The van der Waals surface area contributed by atoms with E-state index in [4.69, 9.17) is 11.6 Å². The predicted octanol–water partition coefficient (Wildman–Crippen LogP) is 4.78. The highest BCUT2D eigenvalue weighted by atomic mass is 35.5. The van der Waals surface area contributed by atoms with Gasteiger partial charge in [-0.1, -0.05) is 11.6 Å². The predicted molar refractivity (Wildman–Crippen MR) is 79.8 cm³/mol. The van der Waals surface area contributed by atoms with E-state index in [1.54, 1.807) is 11.3 Å². The van der Waals surface area contributed by atoms with Crippen molar-refractivity contribution in [3.8, 4) is 11.4 Å². The number of rotatable bonds is 1. The number of hydrogen-bond donors (Lipinski definition) is 0. The lowest BCUT2D eigenvalue weighted by Gasteiger charge is -2.03. The lowest BCUT2D eigenvalue weighted by Crippen LogP contribution is -1.93. The van der Waals surface area contributed by atoms with Gasteiger partial charge in [-0.2, -0.15) is 0 Å². The van der Waals surface area contributed by atoms with E-state index in [0.29, 0.717) is 10.7 Å². The molecule has 2 heterocycles. The summed E-state index contributed by atoms with van der Waals surface area (Å²) in [7, 11) is 0. The Balaban J connectivity index is 1.94. The third kappa shape index (κ3) is 2.12. The molecule has 1 aliphatic carbocycles. The van der Waals surface area contributed by atoms with Crippen LogP contribution in [0.4, 0.5) is 8.78 Å². The molecule has 1 aromatic carbocycles. The maximum Gasteiger partial charge on any atom is 0.162 e. The Bertz CT molecular complexity index is 855. The van der Waals surface area contributed by atoms with E-state index >= 15 is 0 Å². The average Bonchev–Trinajstić information content (AvgIpc) is 2.96. The summed E-state index contributed by atoms with van der Waals surface area (Å²) < 4.78 is 26.7. The molecule has 0 saturated heterocycles. The molecule has 0 spiro atoms. The van der Waals surface area contributed by atoms with Gasteiger partial charge in [0.2, 0.25) is 0 Å². The number of halogens is 3. The van der Waals surface area contributed by atoms with E-state index in [1.807, 2.05) is 0 Å². The van der Waals surface area contributed by atoms with Crippen LogP contribution in [0, 0.1) is 11.6 Å². The molecule has 0 N–H and O–H groups in total. The molecular formula is C15H9ClF2N2S. The van der Waals surface area contributed by atoms with Gasteiger partial charge in [0.25, 0.3) is 0 Å². The van der Waals surface area contributed by atoms with Crippen LogP contribution < -0.4 is 0 Å². The molecule has 0 atom stereocenters. The molecule has 0 saturated carbocycles. The second kappa shape index (κ2) is 4.71. The fraction of sp³-hybridized carbons (Fsp3) is 0.200. The Hall–Kier alpha value is -1.59. The minimum Gasteiger partial charge on any atom is -0.217 e. The molecule has 0 fully saturated rings. The van der Waals surface area contributed by atoms with Crippen LogP contribution in [-0.2, 0) is 12.8 Å². The van der Waals surface area contributed by atoms with Crippen LogP contribution in [0.3, 0.4) is 0 Å². The van der Waals surface area contributed by atoms with Crippen molar-refractivity contribution in [2.75, 3.05) is 0 Å². The van der Waals surface area contributed by atoms with Gasteiger partial charge in [0.15, 0.2) is 5.82 Å². The van der Waals surface area contributed by atoms with E-state index in [0.717, 1.165) is 35.5 Å². The molecule has 21 heavy (non-hydrogen) atoms. The Morgan fingerprint density at radius 1 is 1.05 bits per heavy atom. The van der Waals surface area contributed by atoms with Crippen LogP contribution >= 0.6 is 22.9 Å². The van der Waals surface area contributed by atoms with Gasteiger partial charge in [0.1, 0.15) is 21.6 Å². The third-order valence-electron chi connectivity index (χ3n) is 3.64. The molecule has 4 rings (SSSR count). The quantitative estimate of drug-likeness (QED) is 0.603. The lowest BCUT2D eigenvalue weighted by atomic mass is 10.2. The van der Waals surface area contributed by atoms with Crippen molar-refractivity contribution in [2.24, 2.45) is 0 Å². The van der Waals surface area contributed by atoms with Crippen LogP contribution in [-0.4, -0.2) is 9.97 Å². The minimum atomic E-state index is -0.654. The first-order valence-corrected chi connectivity index (χ1v) is 7.75. The minimum absolute atomic E-state index is 0.255. The smallest absolute Gasteiger partial charge is 0.162 e. The summed E-state index contributed by atoms with van der Waals surface area (Å²) >= 11 is 7.88. The molecule has 0 aliphatic heterocycles. The molecule has 0 amide bonds. The molecule has 0 radical (unpaired) electrons. The highest BCUT2D eigenvalue weighted by molar-refractivity contribution is 7.19. The topological polar surface area (TPSA) is 25.8 Å². The number of fused-ring (bicyclic) bond motifs is 3. The van der Waals surface area contributed by atoms with Gasteiger partial charge in [0.05, 0.1) is 5.39 Å². The average molecular weight is 323 g/mol. The lowest BCUT2D eigenvalue weighted by molar-refractivity contribution is 0.584. The normalized spacial score (nSPS) is 13.9. The van der Waals surface area contributed by atoms with Gasteiger partial charge < -0.3 is 0 Å². The molecular weight excluding hydrogens is 314 g/mol. The Labute approximate surface area is 128 Å². The third-order valence-corrected chi connectivity index (χ3v) is 5.10. The molecule has 106 valence electrons. The van der Waals surface area contributed by atoms with Crippen LogP contribution in [0.1, 0.15) is 16.9 Å². The van der Waals surface area contributed by atoms with Gasteiger partial charge in [-0.3, -0.25) is 0 Å². The Morgan fingerprint density at radius 2 is 1.81 bits per heavy atom. The first kappa shape index (κ1) is 13.1. The molecule has 3 aromatic rings. The maximum absolute atomic E-state index is 13.3. The first-order chi connectivity index (χ1) is 10.1. The fourth-order valence-corrected chi connectivity index (χ4v) is 4.36. The molecule has 0 bridgehead atoms. The summed E-state index contributed by atoms with van der Waals surface area (Å²) in [5.41, 5.74) is 1.53. The summed E-state index contributed by atoms with van der Waals surface area (Å²) in [6, 6.07) is 3.24. The standard InChI is InChI=1S/C15H9ClF2N2S/c16-13-12-10-2-1-3-11(10)21-15(12)20-14(19-13)7-4-8(17)6-9(18)5-7/h4-6H,1-3H2. The number of aryl methyl sites for hydroxylation is 2. The van der Waals surface area contributed by atoms with Gasteiger partial charge in [-0.05, 0) is 37.0 Å². The van der Waals surface area contributed by atoms with Crippen molar-refractivity contribution >= 4 is 33.2 Å². The van der Waals surface area contributed by atoms with E-state index < -0.39 is 11.6 Å². The molecule has 2 nitrogen and oxygen atoms in total. The molecule has 6 heteroatoms. The number of aromatic nitrogens is 2. The fourth-order valence-electron chi connectivity index (χ4n) is 2.76. The highest BCUT2D eigenvalue weighted by Gasteiger charge is 2.22. The zero-order valence-corrected chi connectivity index (χ0v) is 12.4. The monoisotopic (exact) mass is 322 g/mol. The summed E-state index contributed by atoms with van der Waals surface area (Å²) in [5.74, 6) is -1.05. The van der Waals surface area contributed by atoms with Gasteiger partial charge >= 0.3 is 0 Å². The highest BCUT2D eigenvalue weighted by Crippen LogP contribution is 2.40. The second-order valence-electron chi connectivity index (χ2n) is 5.03. The van der Waals surface area contributed by atoms with E-state index in [-0.39, 0.29) is 5.82 Å². The largest absolute Gasteiger partial charge is 0.217 e. The van der Waals surface area contributed by atoms with Crippen molar-refractivity contribution in [2.45, 2.75) is 19.3 Å². The van der Waals surface area contributed by atoms with E-state index in [2.05, 4.69) is 9.97 Å². The van der Waals surface area contributed by atoms with Crippen LogP contribution in [0.15, 0.2) is 18.2 Å². The summed E-state index contributed by atoms with van der Waals surface area (Å²) in [5, 5.41) is 1.26. The van der Waals surface area contributed by atoms with Crippen LogP contribution in [0.25, 0.3) is 21.6 Å².